The van der Waals surface area contributed by atoms with E-state index in [1.807, 2.05) is 64.1 Å². The quantitative estimate of drug-likeness (QED) is 0.235. The lowest BCUT2D eigenvalue weighted by molar-refractivity contribution is -0.125. The topological polar surface area (TPSA) is 88.9 Å². The molecule has 0 spiro atoms. The van der Waals surface area contributed by atoms with Gasteiger partial charge in [0, 0.05) is 23.9 Å². The highest BCUT2D eigenvalue weighted by Crippen LogP contribution is 2.42. The van der Waals surface area contributed by atoms with Crippen LogP contribution in [0, 0.1) is 31.5 Å². The highest BCUT2D eigenvalue weighted by molar-refractivity contribution is 6.03. The van der Waals surface area contributed by atoms with Crippen molar-refractivity contribution < 1.29 is 14.0 Å². The van der Waals surface area contributed by atoms with Crippen LogP contribution in [0.15, 0.2) is 73.1 Å². The molecule has 2 aromatic heterocycles. The van der Waals surface area contributed by atoms with E-state index in [0.717, 1.165) is 23.2 Å². The van der Waals surface area contributed by atoms with Gasteiger partial charge >= 0.3 is 0 Å². The lowest BCUT2D eigenvalue weighted by atomic mass is 9.78. The van der Waals surface area contributed by atoms with Gasteiger partial charge in [-0.15, -0.1) is 0 Å². The Hall–Kier alpha value is -4.33. The molecule has 2 N–H and O–H groups in total. The first-order chi connectivity index (χ1) is 19.7. The molecular weight excluding hydrogens is 517 g/mol. The fraction of sp³-hybridized carbons (Fsp3) is 0.333. The van der Waals surface area contributed by atoms with Crippen LogP contribution in [0.25, 0.3) is 5.69 Å². The number of carbonyl (C=O) groups is 2. The van der Waals surface area contributed by atoms with Gasteiger partial charge in [0.2, 0.25) is 5.91 Å². The van der Waals surface area contributed by atoms with Gasteiger partial charge in [-0.3, -0.25) is 14.6 Å². The summed E-state index contributed by atoms with van der Waals surface area (Å²) in [5, 5.41) is 10.6. The van der Waals surface area contributed by atoms with Crippen LogP contribution in [0.4, 0.5) is 10.1 Å². The van der Waals surface area contributed by atoms with Gasteiger partial charge in [-0.2, -0.15) is 5.10 Å². The number of aryl methyl sites for hydroxylation is 2. The van der Waals surface area contributed by atoms with Crippen LogP contribution < -0.4 is 10.6 Å². The zero-order chi connectivity index (χ0) is 29.1. The smallest absolute Gasteiger partial charge is 0.274 e. The fourth-order valence-electron chi connectivity index (χ4n) is 5.15. The number of carbonyl (C=O) groups excluding carboxylic acids is 2. The minimum Gasteiger partial charge on any atom is -0.342 e. The molecule has 1 aliphatic carbocycles. The van der Waals surface area contributed by atoms with Crippen molar-refractivity contribution in [2.45, 2.75) is 58.9 Å². The van der Waals surface area contributed by atoms with Gasteiger partial charge < -0.3 is 10.6 Å². The number of nitrogens with zero attached hydrogens (tertiary/aromatic N) is 3. The third-order valence-corrected chi connectivity index (χ3v) is 7.66. The third kappa shape index (κ3) is 6.21. The number of hydrogen-bond acceptors (Lipinski definition) is 4. The molecule has 4 aromatic rings. The largest absolute Gasteiger partial charge is 0.342 e. The van der Waals surface area contributed by atoms with Crippen molar-refractivity contribution in [1.29, 1.82) is 0 Å². The van der Waals surface area contributed by atoms with Gasteiger partial charge in [-0.25, -0.2) is 9.07 Å². The van der Waals surface area contributed by atoms with Crippen molar-refractivity contribution >= 4 is 17.5 Å². The summed E-state index contributed by atoms with van der Waals surface area (Å²) in [7, 11) is 0. The first kappa shape index (κ1) is 28.2. The standard InChI is InChI=1S/C33H36FN5O2/c1-21(2)31(40)37-33(15-14-24-10-11-24,26-8-6-16-35-20-26)25-12-13-28(34)29(19-25)36-32(41)30-18-23(4)38-39(30)27-9-5-7-22(3)17-27/h5-9,12-13,16-21,24H,10-11,14-15H2,1-4H3,(H,36,41)(H,37,40). The SMILES string of the molecule is Cc1cccc(-n2nc(C)cc2C(=O)Nc2cc(C(CCC3CC3)(NC(=O)C(C)C)c3cccnc3)ccc2F)c1. The number of aromatic nitrogens is 3. The van der Waals surface area contributed by atoms with E-state index in [1.165, 1.54) is 18.9 Å². The van der Waals surface area contributed by atoms with Crippen molar-refractivity contribution in [3.05, 3.63) is 107 Å². The number of anilines is 1. The van der Waals surface area contributed by atoms with E-state index >= 15 is 4.39 Å². The second-order valence-corrected chi connectivity index (χ2v) is 11.3. The monoisotopic (exact) mass is 553 g/mol. The average Bonchev–Trinajstić information content (AvgIpc) is 3.71. The molecule has 8 heteroatoms. The molecule has 1 atom stereocenters. The first-order valence-corrected chi connectivity index (χ1v) is 14.1. The molecule has 2 heterocycles. The highest BCUT2D eigenvalue weighted by atomic mass is 19.1. The Morgan fingerprint density at radius 2 is 1.85 bits per heavy atom. The minimum absolute atomic E-state index is 0.0284. The van der Waals surface area contributed by atoms with Gasteiger partial charge in [0.1, 0.15) is 11.5 Å². The summed E-state index contributed by atoms with van der Waals surface area (Å²) in [6.07, 6.45) is 7.30. The number of amides is 2. The number of halogens is 1. The molecule has 2 aromatic carbocycles. The molecule has 1 fully saturated rings. The van der Waals surface area contributed by atoms with Crippen LogP contribution in [-0.2, 0) is 10.3 Å². The van der Waals surface area contributed by atoms with Crippen molar-refractivity contribution in [2.75, 3.05) is 5.32 Å². The number of pyridine rings is 1. The summed E-state index contributed by atoms with van der Waals surface area (Å²) < 4.78 is 16.9. The van der Waals surface area contributed by atoms with Crippen LogP contribution in [-0.4, -0.2) is 26.6 Å². The maximum absolute atomic E-state index is 15.3. The van der Waals surface area contributed by atoms with Crippen molar-refractivity contribution in [2.24, 2.45) is 11.8 Å². The summed E-state index contributed by atoms with van der Waals surface area (Å²) in [5.41, 5.74) is 3.31. The number of nitrogens with one attached hydrogen (secondary N) is 2. The van der Waals surface area contributed by atoms with Crippen molar-refractivity contribution in [1.82, 2.24) is 20.1 Å². The van der Waals surface area contributed by atoms with E-state index in [-0.39, 0.29) is 17.5 Å². The molecule has 1 unspecified atom stereocenters. The minimum atomic E-state index is -0.939. The fourth-order valence-corrected chi connectivity index (χ4v) is 5.15. The molecule has 0 radical (unpaired) electrons. The van der Waals surface area contributed by atoms with Crippen molar-refractivity contribution in [3.63, 3.8) is 0 Å². The molecule has 1 aliphatic rings. The first-order valence-electron chi connectivity index (χ1n) is 14.1. The molecule has 5 rings (SSSR count). The zero-order valence-corrected chi connectivity index (χ0v) is 23.9. The van der Waals surface area contributed by atoms with E-state index in [9.17, 15) is 9.59 Å². The predicted molar refractivity (Wildman–Crippen MR) is 157 cm³/mol. The van der Waals surface area contributed by atoms with Gasteiger partial charge in [-0.1, -0.05) is 51.0 Å². The Kier molecular flexibility index (Phi) is 8.01. The average molecular weight is 554 g/mol. The van der Waals surface area contributed by atoms with E-state index < -0.39 is 17.3 Å². The molecule has 0 bridgehead atoms. The maximum Gasteiger partial charge on any atom is 0.274 e. The van der Waals surface area contributed by atoms with Gasteiger partial charge in [0.25, 0.3) is 5.91 Å². The summed E-state index contributed by atoms with van der Waals surface area (Å²) in [5.74, 6) is -0.821. The molecule has 0 saturated heterocycles. The van der Waals surface area contributed by atoms with E-state index in [1.54, 1.807) is 35.3 Å². The van der Waals surface area contributed by atoms with E-state index in [0.29, 0.717) is 29.3 Å². The Balaban J connectivity index is 1.55. The summed E-state index contributed by atoms with van der Waals surface area (Å²) in [6, 6.07) is 17.8. The number of benzene rings is 2. The van der Waals surface area contributed by atoms with Crippen LogP contribution in [0.3, 0.4) is 0 Å². The normalized spacial score (nSPS) is 14.5. The number of hydrogen-bond donors (Lipinski definition) is 2. The Morgan fingerprint density at radius 3 is 2.54 bits per heavy atom. The van der Waals surface area contributed by atoms with E-state index in [4.69, 9.17) is 0 Å². The summed E-state index contributed by atoms with van der Waals surface area (Å²) in [4.78, 5) is 31.1. The lowest BCUT2D eigenvalue weighted by Gasteiger charge is -2.37. The van der Waals surface area contributed by atoms with Crippen LogP contribution in [0.2, 0.25) is 0 Å². The second-order valence-electron chi connectivity index (χ2n) is 11.3. The Labute approximate surface area is 240 Å². The Morgan fingerprint density at radius 1 is 1.05 bits per heavy atom. The summed E-state index contributed by atoms with van der Waals surface area (Å²) in [6.45, 7) is 7.47. The van der Waals surface area contributed by atoms with Crippen molar-refractivity contribution in [3.8, 4) is 5.69 Å². The van der Waals surface area contributed by atoms with Crippen LogP contribution in [0.5, 0.6) is 0 Å². The van der Waals surface area contributed by atoms with Crippen LogP contribution >= 0.6 is 0 Å². The second kappa shape index (κ2) is 11.6. The molecule has 7 nitrogen and oxygen atoms in total. The summed E-state index contributed by atoms with van der Waals surface area (Å²) >= 11 is 0. The molecular formula is C33H36FN5O2. The zero-order valence-electron chi connectivity index (χ0n) is 23.9. The number of rotatable bonds is 10. The van der Waals surface area contributed by atoms with Gasteiger partial charge in [0.15, 0.2) is 0 Å². The van der Waals surface area contributed by atoms with Gasteiger partial charge in [-0.05, 0) is 80.1 Å². The molecule has 2 amide bonds. The molecule has 1 saturated carbocycles. The molecule has 0 aliphatic heterocycles. The Bertz CT molecular complexity index is 1560. The van der Waals surface area contributed by atoms with E-state index in [2.05, 4.69) is 20.7 Å². The third-order valence-electron chi connectivity index (χ3n) is 7.66. The predicted octanol–water partition coefficient (Wildman–Crippen LogP) is 6.48. The molecule has 41 heavy (non-hydrogen) atoms. The lowest BCUT2D eigenvalue weighted by Crippen LogP contribution is -2.48. The highest BCUT2D eigenvalue weighted by Gasteiger charge is 2.39. The molecule has 212 valence electrons. The maximum atomic E-state index is 15.3. The van der Waals surface area contributed by atoms with Crippen LogP contribution in [0.1, 0.15) is 72.4 Å². The van der Waals surface area contributed by atoms with Gasteiger partial charge in [0.05, 0.1) is 22.6 Å².